The van der Waals surface area contributed by atoms with Crippen molar-refractivity contribution in [3.8, 4) is 0 Å². The van der Waals surface area contributed by atoms with E-state index >= 15 is 0 Å². The Morgan fingerprint density at radius 1 is 1.27 bits per heavy atom. The third kappa shape index (κ3) is 2.54. The van der Waals surface area contributed by atoms with Gasteiger partial charge in [0, 0.05) is 13.1 Å². The highest BCUT2D eigenvalue weighted by molar-refractivity contribution is 4.84. The molecule has 2 unspecified atom stereocenters. The molecular weight excluding hydrogens is 138 g/mol. The molecule has 2 heteroatoms. The molecule has 0 amide bonds. The summed E-state index contributed by atoms with van der Waals surface area (Å²) >= 11 is 0. The zero-order valence-corrected chi connectivity index (χ0v) is 7.58. The summed E-state index contributed by atoms with van der Waals surface area (Å²) in [7, 11) is 0. The molecule has 1 aliphatic heterocycles. The summed E-state index contributed by atoms with van der Waals surface area (Å²) < 4.78 is 5.59. The van der Waals surface area contributed by atoms with Crippen molar-refractivity contribution in [1.82, 2.24) is 4.90 Å². The number of allylic oxidation sites excluding steroid dienone is 1. The Labute approximate surface area is 68.8 Å². The van der Waals surface area contributed by atoms with Gasteiger partial charge >= 0.3 is 0 Å². The molecule has 0 saturated carbocycles. The standard InChI is InChI=1S/C9H17NO/c1-4-5-10-6-8(2)11-9(3)7-10/h4-5,8-9H,6-7H2,1-3H3. The number of morpholine rings is 1. The number of nitrogens with zero attached hydrogens (tertiary/aromatic N) is 1. The highest BCUT2D eigenvalue weighted by Crippen LogP contribution is 2.10. The second-order valence-corrected chi connectivity index (χ2v) is 3.19. The molecule has 1 fully saturated rings. The lowest BCUT2D eigenvalue weighted by molar-refractivity contribution is -0.0541. The van der Waals surface area contributed by atoms with Gasteiger partial charge in [-0.05, 0) is 27.0 Å². The Morgan fingerprint density at radius 2 is 1.82 bits per heavy atom. The van der Waals surface area contributed by atoms with Gasteiger partial charge in [-0.3, -0.25) is 0 Å². The predicted octanol–water partition coefficient (Wildman–Crippen LogP) is 1.63. The SMILES string of the molecule is CC=CN1CC(C)OC(C)C1. The summed E-state index contributed by atoms with van der Waals surface area (Å²) in [6.45, 7) is 8.33. The van der Waals surface area contributed by atoms with Crippen LogP contribution in [0.15, 0.2) is 12.3 Å². The maximum atomic E-state index is 5.59. The quantitative estimate of drug-likeness (QED) is 0.570. The van der Waals surface area contributed by atoms with Crippen molar-refractivity contribution in [2.75, 3.05) is 13.1 Å². The van der Waals surface area contributed by atoms with E-state index in [1.54, 1.807) is 0 Å². The smallest absolute Gasteiger partial charge is 0.0726 e. The first kappa shape index (κ1) is 8.60. The van der Waals surface area contributed by atoms with Crippen molar-refractivity contribution < 1.29 is 4.74 Å². The van der Waals surface area contributed by atoms with Crippen LogP contribution < -0.4 is 0 Å². The van der Waals surface area contributed by atoms with Crippen molar-refractivity contribution in [3.05, 3.63) is 12.3 Å². The van der Waals surface area contributed by atoms with E-state index in [0.717, 1.165) is 13.1 Å². The third-order valence-corrected chi connectivity index (χ3v) is 1.81. The molecule has 0 spiro atoms. The molecule has 2 nitrogen and oxygen atoms in total. The highest BCUT2D eigenvalue weighted by atomic mass is 16.5. The first-order chi connectivity index (χ1) is 5.22. The molecule has 0 radical (unpaired) electrons. The summed E-state index contributed by atoms with van der Waals surface area (Å²) in [5.41, 5.74) is 0. The Hall–Kier alpha value is -0.500. The molecule has 0 aromatic carbocycles. The first-order valence-corrected chi connectivity index (χ1v) is 4.24. The van der Waals surface area contributed by atoms with E-state index in [2.05, 4.69) is 31.0 Å². The fraction of sp³-hybridized carbons (Fsp3) is 0.778. The van der Waals surface area contributed by atoms with Crippen LogP contribution in [0.5, 0.6) is 0 Å². The largest absolute Gasteiger partial charge is 0.373 e. The molecule has 0 N–H and O–H groups in total. The molecule has 64 valence electrons. The Kier molecular flexibility index (Phi) is 2.94. The van der Waals surface area contributed by atoms with Crippen LogP contribution >= 0.6 is 0 Å². The van der Waals surface area contributed by atoms with E-state index < -0.39 is 0 Å². The number of rotatable bonds is 1. The maximum Gasteiger partial charge on any atom is 0.0726 e. The van der Waals surface area contributed by atoms with Crippen LogP contribution in [-0.4, -0.2) is 30.2 Å². The average molecular weight is 155 g/mol. The summed E-state index contributed by atoms with van der Waals surface area (Å²) in [6, 6.07) is 0. The van der Waals surface area contributed by atoms with Gasteiger partial charge in [0.2, 0.25) is 0 Å². The summed E-state index contributed by atoms with van der Waals surface area (Å²) in [6.07, 6.45) is 4.95. The highest BCUT2D eigenvalue weighted by Gasteiger charge is 2.18. The van der Waals surface area contributed by atoms with Crippen LogP contribution in [-0.2, 0) is 4.74 Å². The molecule has 11 heavy (non-hydrogen) atoms. The number of ether oxygens (including phenoxy) is 1. The van der Waals surface area contributed by atoms with Gasteiger partial charge in [0.05, 0.1) is 12.2 Å². The van der Waals surface area contributed by atoms with Crippen molar-refractivity contribution in [2.45, 2.75) is 33.0 Å². The molecule has 2 atom stereocenters. The van der Waals surface area contributed by atoms with Gasteiger partial charge in [0.1, 0.15) is 0 Å². The minimum atomic E-state index is 0.370. The Balaban J connectivity index is 2.42. The third-order valence-electron chi connectivity index (χ3n) is 1.81. The van der Waals surface area contributed by atoms with Gasteiger partial charge in [-0.15, -0.1) is 0 Å². The van der Waals surface area contributed by atoms with Crippen LogP contribution in [0.2, 0.25) is 0 Å². The van der Waals surface area contributed by atoms with Crippen LogP contribution in [0.1, 0.15) is 20.8 Å². The molecular formula is C9H17NO. The maximum absolute atomic E-state index is 5.59. The lowest BCUT2D eigenvalue weighted by Crippen LogP contribution is -2.42. The minimum absolute atomic E-state index is 0.370. The lowest BCUT2D eigenvalue weighted by atomic mass is 10.2. The van der Waals surface area contributed by atoms with Gasteiger partial charge in [0.15, 0.2) is 0 Å². The summed E-state index contributed by atoms with van der Waals surface area (Å²) in [5.74, 6) is 0. The fourth-order valence-corrected chi connectivity index (χ4v) is 1.55. The second kappa shape index (κ2) is 3.77. The second-order valence-electron chi connectivity index (χ2n) is 3.19. The Bertz CT molecular complexity index is 134. The van der Waals surface area contributed by atoms with Crippen LogP contribution in [0.4, 0.5) is 0 Å². The summed E-state index contributed by atoms with van der Waals surface area (Å²) in [5, 5.41) is 0. The van der Waals surface area contributed by atoms with E-state index in [0.29, 0.717) is 12.2 Å². The fourth-order valence-electron chi connectivity index (χ4n) is 1.55. The van der Waals surface area contributed by atoms with Gasteiger partial charge in [-0.1, -0.05) is 6.08 Å². The van der Waals surface area contributed by atoms with Crippen molar-refractivity contribution in [2.24, 2.45) is 0 Å². The van der Waals surface area contributed by atoms with Crippen molar-refractivity contribution in [3.63, 3.8) is 0 Å². The van der Waals surface area contributed by atoms with Gasteiger partial charge in [-0.2, -0.15) is 0 Å². The molecule has 1 heterocycles. The van der Waals surface area contributed by atoms with Gasteiger partial charge in [-0.25, -0.2) is 0 Å². The lowest BCUT2D eigenvalue weighted by Gasteiger charge is -2.34. The van der Waals surface area contributed by atoms with Crippen LogP contribution in [0.25, 0.3) is 0 Å². The van der Waals surface area contributed by atoms with Gasteiger partial charge < -0.3 is 9.64 Å². The first-order valence-electron chi connectivity index (χ1n) is 4.24. The van der Waals surface area contributed by atoms with Crippen molar-refractivity contribution >= 4 is 0 Å². The molecule has 0 bridgehead atoms. The zero-order chi connectivity index (χ0) is 8.27. The van der Waals surface area contributed by atoms with Gasteiger partial charge in [0.25, 0.3) is 0 Å². The summed E-state index contributed by atoms with van der Waals surface area (Å²) in [4.78, 5) is 2.30. The number of hydrogen-bond acceptors (Lipinski definition) is 2. The normalized spacial score (nSPS) is 33.2. The Morgan fingerprint density at radius 3 is 2.27 bits per heavy atom. The van der Waals surface area contributed by atoms with Crippen LogP contribution in [0, 0.1) is 0 Å². The molecule has 1 aliphatic rings. The zero-order valence-electron chi connectivity index (χ0n) is 7.58. The van der Waals surface area contributed by atoms with Crippen molar-refractivity contribution in [1.29, 1.82) is 0 Å². The van der Waals surface area contributed by atoms with E-state index in [4.69, 9.17) is 4.74 Å². The monoisotopic (exact) mass is 155 g/mol. The van der Waals surface area contributed by atoms with Crippen LogP contribution in [0.3, 0.4) is 0 Å². The molecule has 1 rings (SSSR count). The molecule has 0 aromatic heterocycles. The van der Waals surface area contributed by atoms with E-state index in [-0.39, 0.29) is 0 Å². The predicted molar refractivity (Wildman–Crippen MR) is 46.4 cm³/mol. The number of hydrogen-bond donors (Lipinski definition) is 0. The molecule has 0 aromatic rings. The van der Waals surface area contributed by atoms with E-state index in [1.165, 1.54) is 0 Å². The van der Waals surface area contributed by atoms with E-state index in [1.807, 2.05) is 6.92 Å². The van der Waals surface area contributed by atoms with E-state index in [9.17, 15) is 0 Å². The topological polar surface area (TPSA) is 12.5 Å². The average Bonchev–Trinajstić information content (AvgIpc) is 1.85. The minimum Gasteiger partial charge on any atom is -0.373 e. The molecule has 0 aliphatic carbocycles. The molecule has 1 saturated heterocycles.